The smallest absolute Gasteiger partial charge is 0.244 e. The Kier molecular flexibility index (Phi) is 5.89. The van der Waals surface area contributed by atoms with Crippen LogP contribution in [0, 0.1) is 0 Å². The van der Waals surface area contributed by atoms with Gasteiger partial charge in [0.2, 0.25) is 11.8 Å². The van der Waals surface area contributed by atoms with Gasteiger partial charge in [-0.3, -0.25) is 9.59 Å². The molecule has 0 atom stereocenters. The number of carbonyl (C=O) groups is 2. The number of nitrogens with zero attached hydrogens (tertiary/aromatic N) is 1. The minimum absolute atomic E-state index is 0.0604. The number of benzene rings is 3. The predicted molar refractivity (Wildman–Crippen MR) is 119 cm³/mol. The number of anilines is 1. The Bertz CT molecular complexity index is 1070. The highest BCUT2D eigenvalue weighted by Gasteiger charge is 2.35. The van der Waals surface area contributed by atoms with Gasteiger partial charge in [-0.2, -0.15) is 0 Å². The van der Waals surface area contributed by atoms with E-state index in [-0.39, 0.29) is 18.4 Å². The number of nitrogens with one attached hydrogen (secondary N) is 1. The zero-order valence-electron chi connectivity index (χ0n) is 17.5. The highest BCUT2D eigenvalue weighted by atomic mass is 16.5. The lowest BCUT2D eigenvalue weighted by Gasteiger charge is -2.31. The van der Waals surface area contributed by atoms with Crippen molar-refractivity contribution >= 4 is 17.5 Å². The molecule has 6 nitrogen and oxygen atoms in total. The number of amides is 2. The Hall–Kier alpha value is -3.80. The maximum atomic E-state index is 13.6. The monoisotopic (exact) mass is 416 g/mol. The summed E-state index contributed by atoms with van der Waals surface area (Å²) in [5.74, 6) is 0.940. The van der Waals surface area contributed by atoms with Gasteiger partial charge in [-0.25, -0.2) is 0 Å². The molecule has 3 aromatic rings. The molecule has 6 heteroatoms. The van der Waals surface area contributed by atoms with Gasteiger partial charge in [0.1, 0.15) is 17.2 Å². The normalized spacial score (nSPS) is 12.2. The minimum Gasteiger partial charge on any atom is -0.495 e. The molecule has 0 saturated heterocycles. The SMILES string of the molecule is CCN(CC(=O)Nc1ccccc1OC)C(=O)C1c2ccccc2Oc2ccccc21. The second-order valence-electron chi connectivity index (χ2n) is 7.21. The zero-order chi connectivity index (χ0) is 21.8. The highest BCUT2D eigenvalue weighted by molar-refractivity contribution is 5.97. The molecule has 1 heterocycles. The highest BCUT2D eigenvalue weighted by Crippen LogP contribution is 2.44. The summed E-state index contributed by atoms with van der Waals surface area (Å²) in [7, 11) is 1.55. The van der Waals surface area contributed by atoms with Crippen molar-refractivity contribution in [2.24, 2.45) is 0 Å². The summed E-state index contributed by atoms with van der Waals surface area (Å²) in [5, 5.41) is 2.84. The molecular formula is C25H24N2O4. The lowest BCUT2D eigenvalue weighted by molar-refractivity contribution is -0.135. The largest absolute Gasteiger partial charge is 0.495 e. The van der Waals surface area contributed by atoms with Crippen LogP contribution in [0.4, 0.5) is 5.69 Å². The summed E-state index contributed by atoms with van der Waals surface area (Å²) < 4.78 is 11.3. The second-order valence-corrected chi connectivity index (χ2v) is 7.21. The van der Waals surface area contributed by atoms with E-state index in [0.717, 1.165) is 11.1 Å². The van der Waals surface area contributed by atoms with Gasteiger partial charge in [0.15, 0.2) is 0 Å². The molecule has 0 aromatic heterocycles. The molecule has 158 valence electrons. The second kappa shape index (κ2) is 8.92. The summed E-state index contributed by atoms with van der Waals surface area (Å²) >= 11 is 0. The van der Waals surface area contributed by atoms with Gasteiger partial charge in [-0.05, 0) is 31.2 Å². The fraction of sp³-hybridized carbons (Fsp3) is 0.200. The average molecular weight is 416 g/mol. The van der Waals surface area contributed by atoms with Crippen LogP contribution in [0.25, 0.3) is 0 Å². The first-order valence-corrected chi connectivity index (χ1v) is 10.2. The first-order valence-electron chi connectivity index (χ1n) is 10.2. The van der Waals surface area contributed by atoms with Crippen molar-refractivity contribution in [3.8, 4) is 17.2 Å². The quantitative estimate of drug-likeness (QED) is 0.646. The van der Waals surface area contributed by atoms with Crippen molar-refractivity contribution in [1.82, 2.24) is 4.90 Å². The zero-order valence-corrected chi connectivity index (χ0v) is 17.5. The van der Waals surface area contributed by atoms with Crippen LogP contribution in [0.15, 0.2) is 72.8 Å². The van der Waals surface area contributed by atoms with Gasteiger partial charge in [-0.1, -0.05) is 48.5 Å². The maximum Gasteiger partial charge on any atom is 0.244 e. The van der Waals surface area contributed by atoms with Gasteiger partial charge >= 0.3 is 0 Å². The van der Waals surface area contributed by atoms with Crippen LogP contribution < -0.4 is 14.8 Å². The summed E-state index contributed by atoms with van der Waals surface area (Å²) in [6.07, 6.45) is 0. The van der Waals surface area contributed by atoms with E-state index in [2.05, 4.69) is 5.32 Å². The van der Waals surface area contributed by atoms with Crippen LogP contribution in [-0.4, -0.2) is 36.9 Å². The summed E-state index contributed by atoms with van der Waals surface area (Å²) in [6.45, 7) is 2.21. The third-order valence-electron chi connectivity index (χ3n) is 5.34. The van der Waals surface area contributed by atoms with Crippen molar-refractivity contribution < 1.29 is 19.1 Å². The number of ether oxygens (including phenoxy) is 2. The molecule has 0 fully saturated rings. The molecule has 31 heavy (non-hydrogen) atoms. The summed E-state index contributed by atoms with van der Waals surface area (Å²) in [4.78, 5) is 27.9. The van der Waals surface area contributed by atoms with Gasteiger partial charge < -0.3 is 19.7 Å². The molecule has 4 rings (SSSR count). The fourth-order valence-corrected chi connectivity index (χ4v) is 3.82. The Balaban J connectivity index is 1.59. The van der Waals surface area contributed by atoms with E-state index in [9.17, 15) is 9.59 Å². The van der Waals surface area contributed by atoms with Gasteiger partial charge in [0, 0.05) is 17.7 Å². The summed E-state index contributed by atoms with van der Waals surface area (Å²) in [6, 6.07) is 22.2. The van der Waals surface area contributed by atoms with Crippen molar-refractivity contribution in [2.45, 2.75) is 12.8 Å². The molecular weight excluding hydrogens is 392 g/mol. The number of carbonyl (C=O) groups excluding carboxylic acids is 2. The number of hydrogen-bond donors (Lipinski definition) is 1. The minimum atomic E-state index is -0.528. The molecule has 1 aliphatic rings. The third kappa shape index (κ3) is 4.10. The molecule has 0 saturated carbocycles. The summed E-state index contributed by atoms with van der Waals surface area (Å²) in [5.41, 5.74) is 2.17. The first kappa shape index (κ1) is 20.5. The van der Waals surface area contributed by atoms with Crippen LogP contribution in [0.3, 0.4) is 0 Å². The molecule has 2 amide bonds. The topological polar surface area (TPSA) is 67.9 Å². The number of rotatable bonds is 6. The van der Waals surface area contributed by atoms with Crippen LogP contribution in [-0.2, 0) is 9.59 Å². The van der Waals surface area contributed by atoms with Crippen LogP contribution in [0.5, 0.6) is 17.2 Å². The number of methoxy groups -OCH3 is 1. The first-order chi connectivity index (χ1) is 15.1. The molecule has 1 N–H and O–H groups in total. The van der Waals surface area contributed by atoms with Crippen molar-refractivity contribution in [2.75, 3.05) is 25.5 Å². The van der Waals surface area contributed by atoms with Crippen molar-refractivity contribution in [3.63, 3.8) is 0 Å². The van der Waals surface area contributed by atoms with Gasteiger partial charge in [0.25, 0.3) is 0 Å². The van der Waals surface area contributed by atoms with Crippen molar-refractivity contribution in [1.29, 1.82) is 0 Å². The number of hydrogen-bond acceptors (Lipinski definition) is 4. The maximum absolute atomic E-state index is 13.6. The van der Waals surface area contributed by atoms with E-state index in [1.165, 1.54) is 0 Å². The number of para-hydroxylation sites is 4. The van der Waals surface area contributed by atoms with E-state index in [1.54, 1.807) is 24.1 Å². The third-order valence-corrected chi connectivity index (χ3v) is 5.34. The predicted octanol–water partition coefficient (Wildman–Crippen LogP) is 4.42. The molecule has 0 unspecified atom stereocenters. The van der Waals surface area contributed by atoms with Gasteiger partial charge in [0.05, 0.1) is 25.3 Å². The Morgan fingerprint density at radius 2 is 1.52 bits per heavy atom. The van der Waals surface area contributed by atoms with Crippen LogP contribution in [0.1, 0.15) is 24.0 Å². The molecule has 0 spiro atoms. The standard InChI is InChI=1S/C25H24N2O4/c1-3-27(16-23(28)26-19-12-6-9-15-22(19)30-2)25(29)24-17-10-4-7-13-20(17)31-21-14-8-5-11-18(21)24/h4-15,24H,3,16H2,1-2H3,(H,26,28). The average Bonchev–Trinajstić information content (AvgIpc) is 2.80. The Labute approximate surface area is 181 Å². The number of likely N-dealkylation sites (N-methyl/N-ethyl adjacent to an activating group) is 1. The van der Waals surface area contributed by atoms with Crippen molar-refractivity contribution in [3.05, 3.63) is 83.9 Å². The molecule has 1 aliphatic heterocycles. The lowest BCUT2D eigenvalue weighted by Crippen LogP contribution is -2.41. The fourth-order valence-electron chi connectivity index (χ4n) is 3.82. The van der Waals surface area contributed by atoms with E-state index in [1.807, 2.05) is 67.6 Å². The van der Waals surface area contributed by atoms with Crippen LogP contribution >= 0.6 is 0 Å². The lowest BCUT2D eigenvalue weighted by atomic mass is 9.87. The molecule has 0 aliphatic carbocycles. The molecule has 0 radical (unpaired) electrons. The van der Waals surface area contributed by atoms with Gasteiger partial charge in [-0.15, -0.1) is 0 Å². The Morgan fingerprint density at radius 1 is 0.935 bits per heavy atom. The van der Waals surface area contributed by atoms with E-state index >= 15 is 0 Å². The Morgan fingerprint density at radius 3 is 2.13 bits per heavy atom. The van der Waals surface area contributed by atoms with E-state index in [4.69, 9.17) is 9.47 Å². The number of fused-ring (bicyclic) bond motifs is 2. The van der Waals surface area contributed by atoms with E-state index in [0.29, 0.717) is 29.5 Å². The molecule has 0 bridgehead atoms. The molecule has 3 aromatic carbocycles. The van der Waals surface area contributed by atoms with Crippen LogP contribution in [0.2, 0.25) is 0 Å². The van der Waals surface area contributed by atoms with E-state index < -0.39 is 5.92 Å².